The molecular weight excluding hydrogens is 474 g/mol. The smallest absolute Gasteiger partial charge is 0.338 e. The minimum atomic E-state index is -3.89. The van der Waals surface area contributed by atoms with Crippen molar-refractivity contribution in [3.63, 3.8) is 0 Å². The van der Waals surface area contributed by atoms with Crippen molar-refractivity contribution in [2.45, 2.75) is 37.5 Å². The number of hydrogen-bond donors (Lipinski definition) is 0. The van der Waals surface area contributed by atoms with E-state index in [-0.39, 0.29) is 21.4 Å². The number of carbonyl (C=O) groups excluding carboxylic acids is 2. The number of Topliss-reactive ketones (excluding diaryl/α,β-unsaturated/α-hetero) is 1. The zero-order valence-electron chi connectivity index (χ0n) is 17.6. The normalized spacial score (nSPS) is 18.0. The number of piperidine rings is 1. The maximum atomic E-state index is 13.1. The molecule has 1 aromatic carbocycles. The molecule has 1 aliphatic rings. The zero-order valence-corrected chi connectivity index (χ0v) is 20.0. The van der Waals surface area contributed by atoms with Gasteiger partial charge in [0.05, 0.1) is 16.7 Å². The molecule has 1 fully saturated rings. The Bertz CT molecular complexity index is 1170. The highest BCUT2D eigenvalue weighted by Crippen LogP contribution is 2.29. The molecule has 0 N–H and O–H groups in total. The molecule has 0 unspecified atom stereocenters. The standard InChI is InChI=1S/C21H22ClN3O5S2/c1-13-4-3-7-25(10-13)32(28,29)19-8-15(5-6-17(19)22)21(27)30-11-18(26)16(9-23)20-24-14(2)12-31-20/h5-6,8,12-13,16H,3-4,7,10-11H2,1-2H3/t13-,16-/m0/s1. The van der Waals surface area contributed by atoms with E-state index in [1.807, 2.05) is 13.0 Å². The molecular formula is C21H22ClN3O5S2. The number of halogens is 1. The second kappa shape index (κ2) is 10.1. The Morgan fingerprint density at radius 2 is 2.19 bits per heavy atom. The summed E-state index contributed by atoms with van der Waals surface area (Å²) in [6.45, 7) is 3.86. The van der Waals surface area contributed by atoms with Gasteiger partial charge in [-0.05, 0) is 43.9 Å². The summed E-state index contributed by atoms with van der Waals surface area (Å²) in [7, 11) is -3.89. The fourth-order valence-corrected chi connectivity index (χ4v) is 6.36. The lowest BCUT2D eigenvalue weighted by atomic mass is 10.0. The molecule has 0 saturated carbocycles. The molecule has 0 amide bonds. The predicted molar refractivity (Wildman–Crippen MR) is 119 cm³/mol. The van der Waals surface area contributed by atoms with Crippen LogP contribution in [0.1, 0.15) is 46.7 Å². The van der Waals surface area contributed by atoms with E-state index in [0.29, 0.717) is 23.8 Å². The van der Waals surface area contributed by atoms with Crippen LogP contribution in [0.2, 0.25) is 5.02 Å². The van der Waals surface area contributed by atoms with E-state index < -0.39 is 34.3 Å². The molecule has 32 heavy (non-hydrogen) atoms. The molecule has 0 radical (unpaired) electrons. The summed E-state index contributed by atoms with van der Waals surface area (Å²) in [6.07, 6.45) is 1.70. The largest absolute Gasteiger partial charge is 0.454 e. The summed E-state index contributed by atoms with van der Waals surface area (Å²) in [5.41, 5.74) is 0.637. The average molecular weight is 496 g/mol. The lowest BCUT2D eigenvalue weighted by Gasteiger charge is -2.30. The highest BCUT2D eigenvalue weighted by atomic mass is 35.5. The maximum Gasteiger partial charge on any atom is 0.338 e. The maximum absolute atomic E-state index is 13.1. The number of aromatic nitrogens is 1. The second-order valence-electron chi connectivity index (χ2n) is 7.69. The van der Waals surface area contributed by atoms with Crippen LogP contribution in [0.4, 0.5) is 0 Å². The molecule has 2 heterocycles. The van der Waals surface area contributed by atoms with Crippen LogP contribution >= 0.6 is 22.9 Å². The molecule has 1 aliphatic heterocycles. The van der Waals surface area contributed by atoms with Crippen molar-refractivity contribution in [3.05, 3.63) is 44.9 Å². The van der Waals surface area contributed by atoms with Crippen LogP contribution in [0.25, 0.3) is 0 Å². The summed E-state index contributed by atoms with van der Waals surface area (Å²) in [6, 6.07) is 5.69. The number of ketones is 1. The van der Waals surface area contributed by atoms with Crippen molar-refractivity contribution in [1.29, 1.82) is 5.26 Å². The number of nitrogens with zero attached hydrogens (tertiary/aromatic N) is 3. The molecule has 1 saturated heterocycles. The number of hydrogen-bond acceptors (Lipinski definition) is 8. The van der Waals surface area contributed by atoms with Gasteiger partial charge in [0.1, 0.15) is 9.90 Å². The monoisotopic (exact) mass is 495 g/mol. The van der Waals surface area contributed by atoms with Gasteiger partial charge in [0.2, 0.25) is 10.0 Å². The van der Waals surface area contributed by atoms with Gasteiger partial charge in [-0.2, -0.15) is 9.57 Å². The van der Waals surface area contributed by atoms with Crippen LogP contribution < -0.4 is 0 Å². The molecule has 0 aliphatic carbocycles. The lowest BCUT2D eigenvalue weighted by Crippen LogP contribution is -2.39. The van der Waals surface area contributed by atoms with Crippen LogP contribution in [-0.2, 0) is 19.6 Å². The molecule has 2 atom stereocenters. The number of benzene rings is 1. The van der Waals surface area contributed by atoms with Crippen LogP contribution in [0.3, 0.4) is 0 Å². The molecule has 170 valence electrons. The van der Waals surface area contributed by atoms with E-state index in [9.17, 15) is 23.3 Å². The number of carbonyl (C=O) groups is 2. The van der Waals surface area contributed by atoms with Gasteiger partial charge in [-0.1, -0.05) is 18.5 Å². The number of sulfonamides is 1. The fourth-order valence-electron chi connectivity index (χ4n) is 3.40. The van der Waals surface area contributed by atoms with Gasteiger partial charge in [0, 0.05) is 24.2 Å². The highest BCUT2D eigenvalue weighted by Gasteiger charge is 2.31. The van der Waals surface area contributed by atoms with E-state index in [4.69, 9.17) is 16.3 Å². The first-order chi connectivity index (χ1) is 15.1. The van der Waals surface area contributed by atoms with Gasteiger partial charge < -0.3 is 4.74 Å². The highest BCUT2D eigenvalue weighted by molar-refractivity contribution is 7.89. The summed E-state index contributed by atoms with van der Waals surface area (Å²) in [5.74, 6) is -2.40. The van der Waals surface area contributed by atoms with Crippen molar-refractivity contribution >= 4 is 44.7 Å². The molecule has 0 spiro atoms. The van der Waals surface area contributed by atoms with E-state index >= 15 is 0 Å². The quantitative estimate of drug-likeness (QED) is 0.539. The van der Waals surface area contributed by atoms with Crippen molar-refractivity contribution in [2.24, 2.45) is 5.92 Å². The first kappa shape index (κ1) is 24.3. The Morgan fingerprint density at radius 3 is 2.81 bits per heavy atom. The van der Waals surface area contributed by atoms with E-state index in [1.54, 1.807) is 12.3 Å². The Balaban J connectivity index is 1.74. The van der Waals surface area contributed by atoms with Crippen LogP contribution in [0, 0.1) is 24.2 Å². The lowest BCUT2D eigenvalue weighted by molar-refractivity contribution is -0.122. The van der Waals surface area contributed by atoms with Gasteiger partial charge >= 0.3 is 5.97 Å². The zero-order chi connectivity index (χ0) is 23.5. The third kappa shape index (κ3) is 5.35. The molecule has 0 bridgehead atoms. The SMILES string of the molecule is Cc1csc([C@@H](C#N)C(=O)COC(=O)c2ccc(Cl)c(S(=O)(=O)N3CCC[C@H](C)C3)c2)n1. The Hall–Kier alpha value is -2.32. The number of rotatable bonds is 7. The minimum absolute atomic E-state index is 0.000429. The number of nitriles is 1. The van der Waals surface area contributed by atoms with Gasteiger partial charge in [-0.3, -0.25) is 4.79 Å². The van der Waals surface area contributed by atoms with E-state index in [2.05, 4.69) is 4.98 Å². The van der Waals surface area contributed by atoms with Crippen molar-refractivity contribution in [2.75, 3.05) is 19.7 Å². The fraction of sp³-hybridized carbons (Fsp3) is 0.429. The summed E-state index contributed by atoms with van der Waals surface area (Å²) in [4.78, 5) is 28.8. The van der Waals surface area contributed by atoms with E-state index in [0.717, 1.165) is 18.9 Å². The number of ether oxygens (including phenoxy) is 1. The van der Waals surface area contributed by atoms with Crippen LogP contribution in [-0.4, -0.2) is 49.2 Å². The van der Waals surface area contributed by atoms with Gasteiger partial charge in [0.25, 0.3) is 0 Å². The van der Waals surface area contributed by atoms with Gasteiger partial charge in [-0.15, -0.1) is 11.3 Å². The first-order valence-corrected chi connectivity index (χ1v) is 12.6. The Kier molecular flexibility index (Phi) is 7.67. The summed E-state index contributed by atoms with van der Waals surface area (Å²) < 4.78 is 32.6. The third-order valence-electron chi connectivity index (χ3n) is 5.08. The van der Waals surface area contributed by atoms with Crippen molar-refractivity contribution < 1.29 is 22.7 Å². The van der Waals surface area contributed by atoms with Crippen molar-refractivity contribution in [1.82, 2.24) is 9.29 Å². The molecule has 3 rings (SSSR count). The average Bonchev–Trinajstić information content (AvgIpc) is 3.18. The number of aryl methyl sites for hydroxylation is 1. The molecule has 8 nitrogen and oxygen atoms in total. The number of esters is 1. The van der Waals surface area contributed by atoms with Crippen LogP contribution in [0.15, 0.2) is 28.5 Å². The summed E-state index contributed by atoms with van der Waals surface area (Å²) in [5, 5.41) is 11.4. The van der Waals surface area contributed by atoms with Crippen LogP contribution in [0.5, 0.6) is 0 Å². The third-order valence-corrected chi connectivity index (χ3v) is 8.46. The number of thiazole rings is 1. The van der Waals surface area contributed by atoms with Crippen molar-refractivity contribution in [3.8, 4) is 6.07 Å². The van der Waals surface area contributed by atoms with E-state index in [1.165, 1.54) is 27.8 Å². The Labute approximate surface area is 195 Å². The minimum Gasteiger partial charge on any atom is -0.454 e. The topological polar surface area (TPSA) is 117 Å². The Morgan fingerprint density at radius 1 is 1.44 bits per heavy atom. The van der Waals surface area contributed by atoms with Gasteiger partial charge in [-0.25, -0.2) is 18.2 Å². The first-order valence-electron chi connectivity index (χ1n) is 9.94. The van der Waals surface area contributed by atoms with Gasteiger partial charge in [0.15, 0.2) is 18.3 Å². The second-order valence-corrected chi connectivity index (χ2v) is 10.9. The predicted octanol–water partition coefficient (Wildman–Crippen LogP) is 3.56. The molecule has 11 heteroatoms. The molecule has 2 aromatic rings. The molecule has 1 aromatic heterocycles. The summed E-state index contributed by atoms with van der Waals surface area (Å²) >= 11 is 7.32.